The Kier molecular flexibility index (Phi) is 2.30. The first kappa shape index (κ1) is 10.8. The number of nitrogens with one attached hydrogen (secondary N) is 1. The molecule has 2 nitrogen and oxygen atoms in total. The monoisotopic (exact) mass is 228 g/mol. The molecule has 1 aromatic heterocycles. The van der Waals surface area contributed by atoms with Crippen LogP contribution in [-0.2, 0) is 6.42 Å². The van der Waals surface area contributed by atoms with Gasteiger partial charge in [-0.15, -0.1) is 0 Å². The molecular weight excluding hydrogens is 208 g/mol. The van der Waals surface area contributed by atoms with Crippen LogP contribution < -0.4 is 5.73 Å². The van der Waals surface area contributed by atoms with Gasteiger partial charge in [0, 0.05) is 22.6 Å². The Morgan fingerprint density at radius 2 is 1.94 bits per heavy atom. The molecular formula is C15H20N2. The maximum Gasteiger partial charge on any atom is 0.0489 e. The molecule has 1 aliphatic carbocycles. The van der Waals surface area contributed by atoms with E-state index in [1.165, 1.54) is 40.4 Å². The summed E-state index contributed by atoms with van der Waals surface area (Å²) < 4.78 is 0. The van der Waals surface area contributed by atoms with Crippen LogP contribution in [0.1, 0.15) is 36.0 Å². The maximum atomic E-state index is 6.16. The van der Waals surface area contributed by atoms with Gasteiger partial charge in [0.25, 0.3) is 0 Å². The predicted octanol–water partition coefficient (Wildman–Crippen LogP) is 3.21. The highest BCUT2D eigenvalue weighted by atomic mass is 14.8. The quantitative estimate of drug-likeness (QED) is 0.832. The minimum atomic E-state index is 0.154. The third kappa shape index (κ3) is 1.87. The van der Waals surface area contributed by atoms with Crippen molar-refractivity contribution in [2.75, 3.05) is 0 Å². The fraction of sp³-hybridized carbons (Fsp3) is 0.467. The molecule has 1 heterocycles. The van der Waals surface area contributed by atoms with Gasteiger partial charge in [-0.2, -0.15) is 0 Å². The van der Waals surface area contributed by atoms with E-state index < -0.39 is 0 Å². The highest BCUT2D eigenvalue weighted by Crippen LogP contribution is 2.37. The van der Waals surface area contributed by atoms with E-state index in [9.17, 15) is 0 Å². The topological polar surface area (TPSA) is 41.8 Å². The van der Waals surface area contributed by atoms with Crippen molar-refractivity contribution in [1.29, 1.82) is 0 Å². The van der Waals surface area contributed by atoms with E-state index >= 15 is 0 Å². The normalized spacial score (nSPS) is 17.6. The zero-order valence-electron chi connectivity index (χ0n) is 10.6. The van der Waals surface area contributed by atoms with E-state index in [1.807, 2.05) is 0 Å². The lowest BCUT2D eigenvalue weighted by Gasteiger charge is -2.08. The van der Waals surface area contributed by atoms with Crippen molar-refractivity contribution >= 4 is 10.9 Å². The van der Waals surface area contributed by atoms with Crippen molar-refractivity contribution in [3.63, 3.8) is 0 Å². The minimum absolute atomic E-state index is 0.154. The standard InChI is InChI=1S/C15H20N2/c1-10-3-4-11(2)14-13(10)12(9-17-14)5-6-15(16)7-8-15/h3-4,9,17H,5-8,16H2,1-2H3. The molecule has 0 unspecified atom stereocenters. The molecule has 3 N–H and O–H groups in total. The summed E-state index contributed by atoms with van der Waals surface area (Å²) in [6.45, 7) is 4.35. The summed E-state index contributed by atoms with van der Waals surface area (Å²) in [5, 5.41) is 1.41. The zero-order chi connectivity index (χ0) is 12.0. The van der Waals surface area contributed by atoms with Crippen LogP contribution in [0.5, 0.6) is 0 Å². The smallest absolute Gasteiger partial charge is 0.0489 e. The third-order valence-electron chi connectivity index (χ3n) is 4.12. The Labute approximate surface area is 102 Å². The Morgan fingerprint density at radius 3 is 2.65 bits per heavy atom. The molecule has 2 heteroatoms. The fourth-order valence-electron chi connectivity index (χ4n) is 2.63. The number of rotatable bonds is 3. The van der Waals surface area contributed by atoms with Gasteiger partial charge in [0.1, 0.15) is 0 Å². The van der Waals surface area contributed by atoms with Crippen LogP contribution in [0.25, 0.3) is 10.9 Å². The van der Waals surface area contributed by atoms with Gasteiger partial charge in [0.05, 0.1) is 0 Å². The first-order valence-corrected chi connectivity index (χ1v) is 6.44. The van der Waals surface area contributed by atoms with Gasteiger partial charge in [0.2, 0.25) is 0 Å². The van der Waals surface area contributed by atoms with E-state index in [-0.39, 0.29) is 5.54 Å². The molecule has 0 amide bonds. The van der Waals surface area contributed by atoms with E-state index in [0.29, 0.717) is 0 Å². The van der Waals surface area contributed by atoms with E-state index in [1.54, 1.807) is 0 Å². The zero-order valence-corrected chi connectivity index (χ0v) is 10.6. The Hall–Kier alpha value is -1.28. The molecule has 1 aromatic carbocycles. The van der Waals surface area contributed by atoms with Crippen LogP contribution >= 0.6 is 0 Å². The number of H-pyrrole nitrogens is 1. The number of fused-ring (bicyclic) bond motifs is 1. The van der Waals surface area contributed by atoms with Crippen molar-refractivity contribution in [1.82, 2.24) is 4.98 Å². The second-order valence-electron chi connectivity index (χ2n) is 5.63. The van der Waals surface area contributed by atoms with Gasteiger partial charge >= 0.3 is 0 Å². The first-order valence-electron chi connectivity index (χ1n) is 6.44. The van der Waals surface area contributed by atoms with Crippen LogP contribution in [0, 0.1) is 13.8 Å². The number of aromatic nitrogens is 1. The molecule has 1 fully saturated rings. The Bertz CT molecular complexity index is 562. The number of aromatic amines is 1. The number of benzene rings is 1. The lowest BCUT2D eigenvalue weighted by molar-refractivity contribution is 0.610. The van der Waals surface area contributed by atoms with E-state index in [2.05, 4.69) is 37.2 Å². The molecule has 0 bridgehead atoms. The van der Waals surface area contributed by atoms with E-state index in [4.69, 9.17) is 5.73 Å². The van der Waals surface area contributed by atoms with Crippen molar-refractivity contribution in [3.8, 4) is 0 Å². The summed E-state index contributed by atoms with van der Waals surface area (Å²) in [6.07, 6.45) is 6.78. The molecule has 90 valence electrons. The van der Waals surface area contributed by atoms with Crippen LogP contribution in [0.2, 0.25) is 0 Å². The van der Waals surface area contributed by atoms with Crippen molar-refractivity contribution < 1.29 is 0 Å². The summed E-state index contributed by atoms with van der Waals surface area (Å²) in [6, 6.07) is 4.40. The van der Waals surface area contributed by atoms with Crippen molar-refractivity contribution in [3.05, 3.63) is 35.0 Å². The second-order valence-corrected chi connectivity index (χ2v) is 5.63. The average molecular weight is 228 g/mol. The highest BCUT2D eigenvalue weighted by Gasteiger charge is 2.37. The summed E-state index contributed by atoms with van der Waals surface area (Å²) in [4.78, 5) is 3.41. The fourth-order valence-corrected chi connectivity index (χ4v) is 2.63. The third-order valence-corrected chi connectivity index (χ3v) is 4.12. The van der Waals surface area contributed by atoms with Crippen LogP contribution in [-0.4, -0.2) is 10.5 Å². The van der Waals surface area contributed by atoms with Crippen LogP contribution in [0.3, 0.4) is 0 Å². The minimum Gasteiger partial charge on any atom is -0.361 e. The predicted molar refractivity (Wildman–Crippen MR) is 72.2 cm³/mol. The molecule has 0 spiro atoms. The molecule has 1 saturated carbocycles. The molecule has 0 saturated heterocycles. The SMILES string of the molecule is Cc1ccc(C)c2c(CCC3(N)CC3)c[nH]c12. The molecule has 1 aliphatic rings. The molecule has 0 atom stereocenters. The number of nitrogens with two attached hydrogens (primary N) is 1. The molecule has 0 radical (unpaired) electrons. The molecule has 2 aromatic rings. The first-order chi connectivity index (χ1) is 8.09. The summed E-state index contributed by atoms with van der Waals surface area (Å²) in [5.41, 5.74) is 11.7. The van der Waals surface area contributed by atoms with Crippen molar-refractivity contribution in [2.45, 2.75) is 45.1 Å². The molecule has 17 heavy (non-hydrogen) atoms. The van der Waals surface area contributed by atoms with Gasteiger partial charge in [-0.1, -0.05) is 12.1 Å². The van der Waals surface area contributed by atoms with Crippen LogP contribution in [0.15, 0.2) is 18.3 Å². The average Bonchev–Trinajstić information content (AvgIpc) is 2.89. The van der Waals surface area contributed by atoms with Gasteiger partial charge in [-0.3, -0.25) is 0 Å². The second kappa shape index (κ2) is 3.61. The Balaban J connectivity index is 1.96. The lowest BCUT2D eigenvalue weighted by atomic mass is 9.99. The highest BCUT2D eigenvalue weighted by molar-refractivity contribution is 5.88. The van der Waals surface area contributed by atoms with Crippen LogP contribution in [0.4, 0.5) is 0 Å². The number of aryl methyl sites for hydroxylation is 3. The largest absolute Gasteiger partial charge is 0.361 e. The van der Waals surface area contributed by atoms with E-state index in [0.717, 1.165) is 12.8 Å². The molecule has 3 rings (SSSR count). The van der Waals surface area contributed by atoms with Crippen molar-refractivity contribution in [2.24, 2.45) is 5.73 Å². The molecule has 0 aliphatic heterocycles. The maximum absolute atomic E-state index is 6.16. The lowest BCUT2D eigenvalue weighted by Crippen LogP contribution is -2.22. The summed E-state index contributed by atoms with van der Waals surface area (Å²) in [7, 11) is 0. The summed E-state index contributed by atoms with van der Waals surface area (Å²) in [5.74, 6) is 0. The van der Waals surface area contributed by atoms with Gasteiger partial charge in [0.15, 0.2) is 0 Å². The van der Waals surface area contributed by atoms with Gasteiger partial charge < -0.3 is 10.7 Å². The number of hydrogen-bond donors (Lipinski definition) is 2. The summed E-state index contributed by atoms with van der Waals surface area (Å²) >= 11 is 0. The van der Waals surface area contributed by atoms with Gasteiger partial charge in [-0.25, -0.2) is 0 Å². The Morgan fingerprint density at radius 1 is 1.24 bits per heavy atom. The van der Waals surface area contributed by atoms with Gasteiger partial charge in [-0.05, 0) is 56.2 Å². The number of hydrogen-bond acceptors (Lipinski definition) is 1.